The lowest BCUT2D eigenvalue weighted by Gasteiger charge is -2.09. The molecule has 0 atom stereocenters. The summed E-state index contributed by atoms with van der Waals surface area (Å²) in [6.07, 6.45) is 7.61. The number of aryl methyl sites for hydroxylation is 1. The van der Waals surface area contributed by atoms with Crippen LogP contribution < -0.4 is 5.32 Å². The van der Waals surface area contributed by atoms with E-state index in [1.165, 1.54) is 31.2 Å². The highest BCUT2D eigenvalue weighted by Crippen LogP contribution is 2.23. The van der Waals surface area contributed by atoms with Crippen molar-refractivity contribution in [3.8, 4) is 0 Å². The maximum absolute atomic E-state index is 4.38. The Kier molecular flexibility index (Phi) is 3.73. The Bertz CT molecular complexity index is 286. The van der Waals surface area contributed by atoms with Crippen molar-refractivity contribution in [1.82, 2.24) is 10.3 Å². The standard InChI is InChI=1S/C13H20N2/c1-11-6-7-13(15-8-11)10-14-9-12-4-2-3-5-12/h6-8,12,14H,2-5,9-10H2,1H3. The summed E-state index contributed by atoms with van der Waals surface area (Å²) in [5, 5.41) is 3.50. The van der Waals surface area contributed by atoms with Crippen LogP contribution in [-0.4, -0.2) is 11.5 Å². The summed E-state index contributed by atoms with van der Waals surface area (Å²) in [7, 11) is 0. The van der Waals surface area contributed by atoms with Gasteiger partial charge in [-0.05, 0) is 43.9 Å². The monoisotopic (exact) mass is 204 g/mol. The fourth-order valence-electron chi connectivity index (χ4n) is 2.22. The predicted molar refractivity (Wildman–Crippen MR) is 62.6 cm³/mol. The minimum absolute atomic E-state index is 0.912. The summed E-state index contributed by atoms with van der Waals surface area (Å²) in [5.41, 5.74) is 2.38. The third-order valence-electron chi connectivity index (χ3n) is 3.19. The summed E-state index contributed by atoms with van der Waals surface area (Å²) in [6.45, 7) is 4.15. The van der Waals surface area contributed by atoms with Gasteiger partial charge in [-0.3, -0.25) is 4.98 Å². The van der Waals surface area contributed by atoms with Crippen molar-refractivity contribution in [3.05, 3.63) is 29.6 Å². The van der Waals surface area contributed by atoms with E-state index in [0.29, 0.717) is 0 Å². The van der Waals surface area contributed by atoms with E-state index in [4.69, 9.17) is 0 Å². The van der Waals surface area contributed by atoms with Gasteiger partial charge in [-0.15, -0.1) is 0 Å². The molecule has 0 bridgehead atoms. The van der Waals surface area contributed by atoms with Gasteiger partial charge in [-0.2, -0.15) is 0 Å². The van der Waals surface area contributed by atoms with Gasteiger partial charge >= 0.3 is 0 Å². The van der Waals surface area contributed by atoms with E-state index in [0.717, 1.165) is 24.7 Å². The Labute approximate surface area is 92.1 Å². The highest BCUT2D eigenvalue weighted by Gasteiger charge is 2.13. The van der Waals surface area contributed by atoms with Gasteiger partial charge in [0.1, 0.15) is 0 Å². The number of pyridine rings is 1. The van der Waals surface area contributed by atoms with Crippen LogP contribution in [0.4, 0.5) is 0 Å². The number of hydrogen-bond acceptors (Lipinski definition) is 2. The summed E-state index contributed by atoms with van der Waals surface area (Å²) in [4.78, 5) is 4.38. The molecule has 0 saturated heterocycles. The van der Waals surface area contributed by atoms with Gasteiger partial charge in [-0.1, -0.05) is 18.9 Å². The van der Waals surface area contributed by atoms with Crippen molar-refractivity contribution in [1.29, 1.82) is 0 Å². The molecule has 2 nitrogen and oxygen atoms in total. The van der Waals surface area contributed by atoms with Crippen LogP contribution in [0.15, 0.2) is 18.3 Å². The van der Waals surface area contributed by atoms with Crippen LogP contribution in [-0.2, 0) is 6.54 Å². The van der Waals surface area contributed by atoms with Crippen molar-refractivity contribution in [2.75, 3.05) is 6.54 Å². The molecule has 0 unspecified atom stereocenters. The summed E-state index contributed by atoms with van der Waals surface area (Å²) in [6, 6.07) is 4.23. The Morgan fingerprint density at radius 2 is 2.13 bits per heavy atom. The van der Waals surface area contributed by atoms with Gasteiger partial charge < -0.3 is 5.32 Å². The van der Waals surface area contributed by atoms with Gasteiger partial charge in [0.15, 0.2) is 0 Å². The number of nitrogens with one attached hydrogen (secondary N) is 1. The third-order valence-corrected chi connectivity index (χ3v) is 3.19. The molecule has 1 aromatic heterocycles. The average molecular weight is 204 g/mol. The Morgan fingerprint density at radius 3 is 2.80 bits per heavy atom. The zero-order valence-electron chi connectivity index (χ0n) is 9.50. The molecule has 1 aliphatic carbocycles. The smallest absolute Gasteiger partial charge is 0.0541 e. The van der Waals surface area contributed by atoms with Crippen LogP contribution in [0, 0.1) is 12.8 Å². The van der Waals surface area contributed by atoms with Gasteiger partial charge in [0.25, 0.3) is 0 Å². The second-order valence-electron chi connectivity index (χ2n) is 4.61. The van der Waals surface area contributed by atoms with Crippen molar-refractivity contribution >= 4 is 0 Å². The van der Waals surface area contributed by atoms with E-state index >= 15 is 0 Å². The molecular weight excluding hydrogens is 184 g/mol. The molecule has 0 radical (unpaired) electrons. The Hall–Kier alpha value is -0.890. The van der Waals surface area contributed by atoms with E-state index in [1.54, 1.807) is 0 Å². The highest BCUT2D eigenvalue weighted by molar-refractivity contribution is 5.11. The molecule has 2 rings (SSSR count). The molecule has 1 heterocycles. The molecule has 1 fully saturated rings. The van der Waals surface area contributed by atoms with Crippen LogP contribution in [0.1, 0.15) is 36.9 Å². The zero-order valence-corrected chi connectivity index (χ0v) is 9.50. The molecule has 0 amide bonds. The second kappa shape index (κ2) is 5.26. The first kappa shape index (κ1) is 10.6. The number of nitrogens with zero attached hydrogens (tertiary/aromatic N) is 1. The van der Waals surface area contributed by atoms with E-state index in [1.807, 2.05) is 6.20 Å². The average Bonchev–Trinajstić information content (AvgIpc) is 2.74. The molecule has 0 aliphatic heterocycles. The van der Waals surface area contributed by atoms with Crippen molar-refractivity contribution in [2.24, 2.45) is 5.92 Å². The van der Waals surface area contributed by atoms with Crippen LogP contribution in [0.2, 0.25) is 0 Å². The van der Waals surface area contributed by atoms with E-state index in [9.17, 15) is 0 Å². The second-order valence-corrected chi connectivity index (χ2v) is 4.61. The van der Waals surface area contributed by atoms with Crippen molar-refractivity contribution in [2.45, 2.75) is 39.2 Å². The predicted octanol–water partition coefficient (Wildman–Crippen LogP) is 2.67. The summed E-state index contributed by atoms with van der Waals surface area (Å²) < 4.78 is 0. The van der Waals surface area contributed by atoms with Crippen molar-refractivity contribution < 1.29 is 0 Å². The van der Waals surface area contributed by atoms with Gasteiger partial charge in [0.2, 0.25) is 0 Å². The van der Waals surface area contributed by atoms with Crippen LogP contribution >= 0.6 is 0 Å². The molecule has 0 spiro atoms. The minimum atomic E-state index is 0.912. The Balaban J connectivity index is 1.71. The fraction of sp³-hybridized carbons (Fsp3) is 0.615. The molecule has 2 heteroatoms. The fourth-order valence-corrected chi connectivity index (χ4v) is 2.22. The lowest BCUT2D eigenvalue weighted by Crippen LogP contribution is -2.21. The van der Waals surface area contributed by atoms with E-state index < -0.39 is 0 Å². The lowest BCUT2D eigenvalue weighted by atomic mass is 10.1. The zero-order chi connectivity index (χ0) is 10.5. The summed E-state index contributed by atoms with van der Waals surface area (Å²) in [5.74, 6) is 0.912. The van der Waals surface area contributed by atoms with E-state index in [2.05, 4.69) is 29.4 Å². The highest BCUT2D eigenvalue weighted by atomic mass is 14.9. The lowest BCUT2D eigenvalue weighted by molar-refractivity contribution is 0.487. The minimum Gasteiger partial charge on any atom is -0.311 e. The first-order chi connectivity index (χ1) is 7.34. The van der Waals surface area contributed by atoms with Crippen LogP contribution in [0.25, 0.3) is 0 Å². The number of aromatic nitrogens is 1. The summed E-state index contributed by atoms with van der Waals surface area (Å²) >= 11 is 0. The van der Waals surface area contributed by atoms with Gasteiger partial charge in [-0.25, -0.2) is 0 Å². The maximum Gasteiger partial charge on any atom is 0.0541 e. The normalized spacial score (nSPS) is 17.1. The third kappa shape index (κ3) is 3.31. The van der Waals surface area contributed by atoms with E-state index in [-0.39, 0.29) is 0 Å². The van der Waals surface area contributed by atoms with Crippen LogP contribution in [0.5, 0.6) is 0 Å². The van der Waals surface area contributed by atoms with Gasteiger partial charge in [0, 0.05) is 12.7 Å². The first-order valence-corrected chi connectivity index (χ1v) is 5.97. The number of hydrogen-bond donors (Lipinski definition) is 1. The van der Waals surface area contributed by atoms with Crippen molar-refractivity contribution in [3.63, 3.8) is 0 Å². The molecule has 0 aromatic carbocycles. The molecule has 1 N–H and O–H groups in total. The molecular formula is C13H20N2. The quantitative estimate of drug-likeness (QED) is 0.815. The molecule has 82 valence electrons. The SMILES string of the molecule is Cc1ccc(CNCC2CCCC2)nc1. The molecule has 1 aromatic rings. The van der Waals surface area contributed by atoms with Crippen LogP contribution in [0.3, 0.4) is 0 Å². The largest absolute Gasteiger partial charge is 0.311 e. The first-order valence-electron chi connectivity index (χ1n) is 5.97. The van der Waals surface area contributed by atoms with Gasteiger partial charge in [0.05, 0.1) is 5.69 Å². The number of rotatable bonds is 4. The molecule has 1 aliphatic rings. The maximum atomic E-state index is 4.38. The topological polar surface area (TPSA) is 24.9 Å². The Morgan fingerprint density at radius 1 is 1.33 bits per heavy atom. The molecule has 15 heavy (non-hydrogen) atoms. The molecule has 1 saturated carbocycles.